The lowest BCUT2D eigenvalue weighted by Crippen LogP contribution is -2.25. The minimum Gasteiger partial charge on any atom is -0.309 e. The van der Waals surface area contributed by atoms with Gasteiger partial charge in [0.05, 0.1) is 22.2 Å². The van der Waals surface area contributed by atoms with Crippen LogP contribution >= 0.6 is 7.14 Å². The molecular formula is C43H29N2OP. The molecule has 0 bridgehead atoms. The predicted molar refractivity (Wildman–Crippen MR) is 198 cm³/mol. The molecule has 9 rings (SSSR count). The molecule has 0 aliphatic carbocycles. The second-order valence-corrected chi connectivity index (χ2v) is 14.6. The lowest BCUT2D eigenvalue weighted by Gasteiger charge is -2.21. The zero-order chi connectivity index (χ0) is 31.4. The van der Waals surface area contributed by atoms with Gasteiger partial charge in [-0.05, 0) is 29.7 Å². The molecule has 0 unspecified atom stereocenters. The van der Waals surface area contributed by atoms with Gasteiger partial charge in [0.2, 0.25) is 0 Å². The zero-order valence-electron chi connectivity index (χ0n) is 25.5. The number of fused-ring (bicyclic) bond motifs is 7. The van der Waals surface area contributed by atoms with Gasteiger partial charge in [0.15, 0.2) is 7.14 Å². The van der Waals surface area contributed by atoms with E-state index < -0.39 is 7.14 Å². The van der Waals surface area contributed by atoms with Crippen LogP contribution in [0.3, 0.4) is 0 Å². The first-order chi connectivity index (χ1) is 23.2. The number of para-hydroxylation sites is 2. The van der Waals surface area contributed by atoms with E-state index in [1.54, 1.807) is 0 Å². The molecule has 4 heteroatoms. The van der Waals surface area contributed by atoms with Gasteiger partial charge in [-0.15, -0.1) is 0 Å². The first-order valence-electron chi connectivity index (χ1n) is 15.8. The Morgan fingerprint density at radius 2 is 1.04 bits per heavy atom. The van der Waals surface area contributed by atoms with E-state index in [2.05, 4.69) is 102 Å². The van der Waals surface area contributed by atoms with Crippen molar-refractivity contribution in [3.05, 3.63) is 176 Å². The molecule has 2 heterocycles. The molecule has 0 radical (unpaired) electrons. The number of aromatic nitrogens is 2. The minimum atomic E-state index is -3.19. The summed E-state index contributed by atoms with van der Waals surface area (Å²) < 4.78 is 17.8. The molecule has 0 amide bonds. The fourth-order valence-electron chi connectivity index (χ4n) is 7.12. The lowest BCUT2D eigenvalue weighted by atomic mass is 9.97. The minimum absolute atomic E-state index is 0.797. The van der Waals surface area contributed by atoms with Gasteiger partial charge in [-0.1, -0.05) is 152 Å². The molecule has 0 saturated heterocycles. The molecule has 9 aromatic rings. The van der Waals surface area contributed by atoms with Gasteiger partial charge in [-0.25, -0.2) is 4.98 Å². The molecule has 0 aliphatic heterocycles. The molecule has 7 aromatic carbocycles. The Balaban J connectivity index is 1.42. The molecular weight excluding hydrogens is 591 g/mol. The number of pyridine rings is 1. The zero-order valence-corrected chi connectivity index (χ0v) is 26.4. The summed E-state index contributed by atoms with van der Waals surface area (Å²) in [7, 11) is -3.19. The normalized spacial score (nSPS) is 11.9. The molecule has 0 aliphatic rings. The molecule has 0 saturated carbocycles. The van der Waals surface area contributed by atoms with E-state index in [1.807, 2.05) is 78.9 Å². The standard InChI is InChI=1S/C43H29N2OP/c46-47(32-18-6-2-7-19-32,33-20-8-3-9-21-33)34-22-14-17-31(29-34)45-40-26-13-11-24-36(40)38-28-27-37-35-23-10-12-25-39(35)44-42(41(37)43(38)45)30-15-4-1-5-16-30/h1-29H. The maximum absolute atomic E-state index is 15.4. The van der Waals surface area contributed by atoms with Gasteiger partial charge >= 0.3 is 0 Å². The van der Waals surface area contributed by atoms with Crippen molar-refractivity contribution in [2.45, 2.75) is 0 Å². The Hall–Kier alpha value is -5.76. The first-order valence-corrected chi connectivity index (χ1v) is 17.5. The molecule has 0 fully saturated rings. The highest BCUT2D eigenvalue weighted by Crippen LogP contribution is 2.45. The summed E-state index contributed by atoms with van der Waals surface area (Å²) in [5, 5.41) is 8.12. The lowest BCUT2D eigenvalue weighted by molar-refractivity contribution is 0.592. The quantitative estimate of drug-likeness (QED) is 0.142. The van der Waals surface area contributed by atoms with E-state index >= 15 is 4.57 Å². The maximum atomic E-state index is 15.4. The number of hydrogen-bond donors (Lipinski definition) is 0. The van der Waals surface area contributed by atoms with Crippen LogP contribution in [-0.4, -0.2) is 9.55 Å². The summed E-state index contributed by atoms with van der Waals surface area (Å²) in [5.41, 5.74) is 6.12. The third-order valence-electron chi connectivity index (χ3n) is 9.24. The van der Waals surface area contributed by atoms with E-state index in [4.69, 9.17) is 4.98 Å². The average molecular weight is 621 g/mol. The fraction of sp³-hybridized carbons (Fsp3) is 0. The summed E-state index contributed by atoms with van der Waals surface area (Å²) in [4.78, 5) is 5.31. The van der Waals surface area contributed by atoms with Crippen LogP contribution in [-0.2, 0) is 4.57 Å². The van der Waals surface area contributed by atoms with Crippen molar-refractivity contribution in [3.8, 4) is 16.9 Å². The highest BCUT2D eigenvalue weighted by Gasteiger charge is 2.30. The third kappa shape index (κ3) is 4.28. The Morgan fingerprint density at radius 3 is 1.77 bits per heavy atom. The second kappa shape index (κ2) is 10.9. The topological polar surface area (TPSA) is 34.9 Å². The summed E-state index contributed by atoms with van der Waals surface area (Å²) in [5.74, 6) is 0. The number of hydrogen-bond acceptors (Lipinski definition) is 2. The highest BCUT2D eigenvalue weighted by atomic mass is 31.2. The second-order valence-electron chi connectivity index (χ2n) is 11.9. The van der Waals surface area contributed by atoms with E-state index in [0.717, 1.165) is 76.3 Å². The SMILES string of the molecule is O=P(c1ccccc1)(c1ccccc1)c1cccc(-n2c3ccccc3c3ccc4c5ccccc5nc(-c5ccccc5)c4c32)c1. The van der Waals surface area contributed by atoms with Gasteiger partial charge in [0.25, 0.3) is 0 Å². The van der Waals surface area contributed by atoms with Gasteiger partial charge in [-0.3, -0.25) is 0 Å². The maximum Gasteiger partial charge on any atom is 0.171 e. The molecule has 47 heavy (non-hydrogen) atoms. The van der Waals surface area contributed by atoms with Crippen LogP contribution < -0.4 is 15.9 Å². The summed E-state index contributed by atoms with van der Waals surface area (Å²) in [6.45, 7) is 0. The van der Waals surface area contributed by atoms with Crippen LogP contribution in [0.15, 0.2) is 176 Å². The van der Waals surface area contributed by atoms with Crippen LogP contribution in [0.25, 0.3) is 60.4 Å². The van der Waals surface area contributed by atoms with E-state index in [-0.39, 0.29) is 0 Å². The largest absolute Gasteiger partial charge is 0.309 e. The summed E-state index contributed by atoms with van der Waals surface area (Å²) >= 11 is 0. The molecule has 0 spiro atoms. The van der Waals surface area contributed by atoms with Crippen molar-refractivity contribution in [1.82, 2.24) is 9.55 Å². The van der Waals surface area contributed by atoms with E-state index in [1.165, 1.54) is 0 Å². The summed E-state index contributed by atoms with van der Waals surface area (Å²) in [6, 6.07) is 60.0. The van der Waals surface area contributed by atoms with Crippen molar-refractivity contribution in [1.29, 1.82) is 0 Å². The van der Waals surface area contributed by atoms with Crippen molar-refractivity contribution < 1.29 is 4.57 Å². The van der Waals surface area contributed by atoms with Crippen molar-refractivity contribution >= 4 is 66.5 Å². The molecule has 0 N–H and O–H groups in total. The van der Waals surface area contributed by atoms with Crippen LogP contribution in [0.5, 0.6) is 0 Å². The Kier molecular flexibility index (Phi) is 6.41. The monoisotopic (exact) mass is 620 g/mol. The molecule has 2 aromatic heterocycles. The van der Waals surface area contributed by atoms with Crippen molar-refractivity contribution in [3.63, 3.8) is 0 Å². The molecule has 3 nitrogen and oxygen atoms in total. The van der Waals surface area contributed by atoms with Gasteiger partial charge in [0.1, 0.15) is 0 Å². The van der Waals surface area contributed by atoms with Gasteiger partial charge in [-0.2, -0.15) is 0 Å². The Morgan fingerprint density at radius 1 is 0.468 bits per heavy atom. The van der Waals surface area contributed by atoms with Crippen LogP contribution in [0.2, 0.25) is 0 Å². The van der Waals surface area contributed by atoms with Crippen molar-refractivity contribution in [2.75, 3.05) is 0 Å². The number of nitrogens with zero attached hydrogens (tertiary/aromatic N) is 2. The van der Waals surface area contributed by atoms with Crippen molar-refractivity contribution in [2.24, 2.45) is 0 Å². The summed E-state index contributed by atoms with van der Waals surface area (Å²) in [6.07, 6.45) is 0. The van der Waals surface area contributed by atoms with Crippen LogP contribution in [0.1, 0.15) is 0 Å². The Labute approximate surface area is 272 Å². The fourth-order valence-corrected chi connectivity index (χ4v) is 9.81. The highest BCUT2D eigenvalue weighted by molar-refractivity contribution is 7.85. The smallest absolute Gasteiger partial charge is 0.171 e. The van der Waals surface area contributed by atoms with Gasteiger partial charge in [0, 0.05) is 48.7 Å². The average Bonchev–Trinajstić information content (AvgIpc) is 3.50. The molecule has 0 atom stereocenters. The predicted octanol–water partition coefficient (Wildman–Crippen LogP) is 9.79. The van der Waals surface area contributed by atoms with Gasteiger partial charge < -0.3 is 9.13 Å². The third-order valence-corrected chi connectivity index (χ3v) is 12.3. The van der Waals surface area contributed by atoms with E-state index in [9.17, 15) is 0 Å². The van der Waals surface area contributed by atoms with E-state index in [0.29, 0.717) is 0 Å². The Bertz CT molecular complexity index is 2600. The van der Waals surface area contributed by atoms with Crippen LogP contribution in [0, 0.1) is 0 Å². The van der Waals surface area contributed by atoms with Crippen LogP contribution in [0.4, 0.5) is 0 Å². The number of rotatable bonds is 5. The number of benzene rings is 7. The molecule has 222 valence electrons. The first kappa shape index (κ1) is 27.5.